The number of pyridine rings is 1. The summed E-state index contributed by atoms with van der Waals surface area (Å²) in [5.41, 5.74) is 1.16. The van der Waals surface area contributed by atoms with Gasteiger partial charge in [-0.1, -0.05) is 13.8 Å². The molecular weight excluding hydrogens is 290 g/mol. The van der Waals surface area contributed by atoms with Gasteiger partial charge in [0, 0.05) is 11.6 Å². The highest BCUT2D eigenvalue weighted by atomic mass is 32.1. The normalized spacial score (nSPS) is 12.6. The average molecular weight is 307 g/mol. The molecule has 0 spiro atoms. The minimum absolute atomic E-state index is 0.176. The van der Waals surface area contributed by atoms with E-state index in [0.717, 1.165) is 15.9 Å². The fraction of sp³-hybridized carbons (Fsp3) is 0.429. The Bertz CT molecular complexity index is 681. The Hall–Kier alpha value is -2.02. The fourth-order valence-electron chi connectivity index (χ4n) is 2.00. The molecule has 112 valence electrons. The van der Waals surface area contributed by atoms with Gasteiger partial charge in [0.15, 0.2) is 0 Å². The number of nitrogens with one attached hydrogen (secondary N) is 1. The Morgan fingerprint density at radius 3 is 2.76 bits per heavy atom. The zero-order chi connectivity index (χ0) is 15.6. The smallest absolute Gasteiger partial charge is 0.326 e. The first-order valence-electron chi connectivity index (χ1n) is 6.64. The van der Waals surface area contributed by atoms with Crippen LogP contribution in [-0.2, 0) is 4.79 Å². The Labute approximate surface area is 126 Å². The molecule has 1 amide bonds. The standard InChI is InChI=1S/C14H17N3O3S/c1-7(2)4-11(14(19)20)16-12(18)9-5-10-8(3)17-21-13(10)15-6-9/h5-7,11H,4H2,1-3H3,(H,16,18)(H,19,20)/t11-/m1/s1. The van der Waals surface area contributed by atoms with E-state index in [1.807, 2.05) is 20.8 Å². The van der Waals surface area contributed by atoms with Crippen molar-refractivity contribution in [2.45, 2.75) is 33.2 Å². The third-order valence-corrected chi connectivity index (χ3v) is 3.95. The van der Waals surface area contributed by atoms with E-state index in [9.17, 15) is 9.59 Å². The van der Waals surface area contributed by atoms with Crippen LogP contribution in [0.2, 0.25) is 0 Å². The van der Waals surface area contributed by atoms with Crippen LogP contribution in [0, 0.1) is 12.8 Å². The quantitative estimate of drug-likeness (QED) is 0.883. The summed E-state index contributed by atoms with van der Waals surface area (Å²) in [5.74, 6) is -1.28. The van der Waals surface area contributed by atoms with Crippen molar-refractivity contribution in [2.75, 3.05) is 0 Å². The van der Waals surface area contributed by atoms with E-state index in [1.165, 1.54) is 17.7 Å². The molecule has 0 radical (unpaired) electrons. The molecule has 1 atom stereocenters. The monoisotopic (exact) mass is 307 g/mol. The van der Waals surface area contributed by atoms with Crippen LogP contribution in [0.3, 0.4) is 0 Å². The minimum atomic E-state index is -1.03. The van der Waals surface area contributed by atoms with Gasteiger partial charge in [0.05, 0.1) is 11.3 Å². The van der Waals surface area contributed by atoms with Crippen LogP contribution in [0.4, 0.5) is 0 Å². The molecule has 6 nitrogen and oxygen atoms in total. The molecule has 2 heterocycles. The van der Waals surface area contributed by atoms with Gasteiger partial charge < -0.3 is 10.4 Å². The lowest BCUT2D eigenvalue weighted by atomic mass is 10.0. The number of carbonyl (C=O) groups is 2. The zero-order valence-corrected chi connectivity index (χ0v) is 12.9. The molecular formula is C14H17N3O3S. The highest BCUT2D eigenvalue weighted by Gasteiger charge is 2.22. The SMILES string of the molecule is Cc1nsc2ncc(C(=O)N[C@H](CC(C)C)C(=O)O)cc12. The number of nitrogens with zero attached hydrogens (tertiary/aromatic N) is 2. The van der Waals surface area contributed by atoms with Crippen molar-refractivity contribution >= 4 is 33.6 Å². The number of hydrogen-bond acceptors (Lipinski definition) is 5. The molecule has 21 heavy (non-hydrogen) atoms. The third kappa shape index (κ3) is 3.55. The highest BCUT2D eigenvalue weighted by Crippen LogP contribution is 2.20. The summed E-state index contributed by atoms with van der Waals surface area (Å²) >= 11 is 1.27. The molecule has 2 aromatic heterocycles. The van der Waals surface area contributed by atoms with E-state index >= 15 is 0 Å². The van der Waals surface area contributed by atoms with E-state index < -0.39 is 17.9 Å². The average Bonchev–Trinajstić information content (AvgIpc) is 2.78. The summed E-state index contributed by atoms with van der Waals surface area (Å²) in [6, 6.07) is 0.806. The van der Waals surface area contributed by atoms with Gasteiger partial charge in [-0.3, -0.25) is 4.79 Å². The van der Waals surface area contributed by atoms with Crippen molar-refractivity contribution in [3.63, 3.8) is 0 Å². The van der Waals surface area contributed by atoms with Crippen molar-refractivity contribution in [2.24, 2.45) is 5.92 Å². The second kappa shape index (κ2) is 6.17. The molecule has 0 unspecified atom stereocenters. The van der Waals surface area contributed by atoms with Crippen molar-refractivity contribution in [1.82, 2.24) is 14.7 Å². The Morgan fingerprint density at radius 1 is 1.43 bits per heavy atom. The maximum atomic E-state index is 12.2. The van der Waals surface area contributed by atoms with E-state index in [-0.39, 0.29) is 5.92 Å². The van der Waals surface area contributed by atoms with Crippen LogP contribution in [-0.4, -0.2) is 32.4 Å². The van der Waals surface area contributed by atoms with Crippen molar-refractivity contribution in [1.29, 1.82) is 0 Å². The number of carboxylic acids is 1. The number of carbonyl (C=O) groups excluding carboxylic acids is 1. The van der Waals surface area contributed by atoms with Crippen molar-refractivity contribution in [3.8, 4) is 0 Å². The Balaban J connectivity index is 2.20. The van der Waals surface area contributed by atoms with Crippen LogP contribution in [0.25, 0.3) is 10.2 Å². The first-order chi connectivity index (χ1) is 9.88. The molecule has 2 rings (SSSR count). The molecule has 2 N–H and O–H groups in total. The second-order valence-electron chi connectivity index (χ2n) is 5.34. The van der Waals surface area contributed by atoms with E-state index in [2.05, 4.69) is 14.7 Å². The molecule has 0 aliphatic rings. The number of hydrogen-bond donors (Lipinski definition) is 2. The number of aryl methyl sites for hydroxylation is 1. The topological polar surface area (TPSA) is 92.2 Å². The lowest BCUT2D eigenvalue weighted by Gasteiger charge is -2.16. The lowest BCUT2D eigenvalue weighted by molar-refractivity contribution is -0.139. The number of fused-ring (bicyclic) bond motifs is 1. The first-order valence-corrected chi connectivity index (χ1v) is 7.41. The van der Waals surface area contributed by atoms with Gasteiger partial charge in [-0.05, 0) is 36.9 Å². The van der Waals surface area contributed by atoms with Gasteiger partial charge in [0.25, 0.3) is 5.91 Å². The van der Waals surface area contributed by atoms with Crippen LogP contribution in [0.1, 0.15) is 36.3 Å². The van der Waals surface area contributed by atoms with Crippen LogP contribution >= 0.6 is 11.5 Å². The van der Waals surface area contributed by atoms with Crippen LogP contribution in [0.5, 0.6) is 0 Å². The molecule has 0 bridgehead atoms. The Morgan fingerprint density at radius 2 is 2.14 bits per heavy atom. The summed E-state index contributed by atoms with van der Waals surface area (Å²) in [6.07, 6.45) is 1.83. The summed E-state index contributed by atoms with van der Waals surface area (Å²) in [6.45, 7) is 5.67. The summed E-state index contributed by atoms with van der Waals surface area (Å²) in [7, 11) is 0. The van der Waals surface area contributed by atoms with E-state index in [0.29, 0.717) is 12.0 Å². The van der Waals surface area contributed by atoms with Gasteiger partial charge in [-0.15, -0.1) is 0 Å². The second-order valence-corrected chi connectivity index (χ2v) is 6.09. The van der Waals surface area contributed by atoms with E-state index in [1.54, 1.807) is 6.07 Å². The van der Waals surface area contributed by atoms with Crippen LogP contribution in [0.15, 0.2) is 12.3 Å². The molecule has 0 aliphatic carbocycles. The van der Waals surface area contributed by atoms with Crippen molar-refractivity contribution < 1.29 is 14.7 Å². The van der Waals surface area contributed by atoms with E-state index in [4.69, 9.17) is 5.11 Å². The van der Waals surface area contributed by atoms with Gasteiger partial charge in [0.1, 0.15) is 10.9 Å². The number of rotatable bonds is 5. The Kier molecular flexibility index (Phi) is 4.52. The predicted molar refractivity (Wildman–Crippen MR) is 80.5 cm³/mol. The molecule has 0 saturated carbocycles. The number of amides is 1. The molecule has 0 aromatic carbocycles. The largest absolute Gasteiger partial charge is 0.480 e. The van der Waals surface area contributed by atoms with Gasteiger partial charge in [-0.25, -0.2) is 9.78 Å². The summed E-state index contributed by atoms with van der Waals surface area (Å²) in [4.78, 5) is 28.3. The lowest BCUT2D eigenvalue weighted by Crippen LogP contribution is -2.41. The number of aliphatic carboxylic acids is 1. The maximum Gasteiger partial charge on any atom is 0.326 e. The molecule has 0 saturated heterocycles. The highest BCUT2D eigenvalue weighted by molar-refractivity contribution is 7.12. The zero-order valence-electron chi connectivity index (χ0n) is 12.1. The number of aromatic nitrogens is 2. The van der Waals surface area contributed by atoms with Gasteiger partial charge in [0.2, 0.25) is 0 Å². The fourth-order valence-corrected chi connectivity index (χ4v) is 2.73. The summed E-state index contributed by atoms with van der Waals surface area (Å²) in [5, 5.41) is 12.5. The first kappa shape index (κ1) is 15.4. The predicted octanol–water partition coefficient (Wildman–Crippen LogP) is 2.23. The number of carboxylic acid groups (broad SMARTS) is 1. The molecule has 0 fully saturated rings. The molecule has 0 aliphatic heterocycles. The molecule has 7 heteroatoms. The van der Waals surface area contributed by atoms with Gasteiger partial charge >= 0.3 is 5.97 Å². The maximum absolute atomic E-state index is 12.2. The summed E-state index contributed by atoms with van der Waals surface area (Å²) < 4.78 is 4.18. The van der Waals surface area contributed by atoms with Crippen LogP contribution < -0.4 is 5.32 Å². The van der Waals surface area contributed by atoms with Gasteiger partial charge in [-0.2, -0.15) is 4.37 Å². The minimum Gasteiger partial charge on any atom is -0.480 e. The molecule has 2 aromatic rings. The van der Waals surface area contributed by atoms with Crippen molar-refractivity contribution in [3.05, 3.63) is 23.5 Å². The third-order valence-electron chi connectivity index (χ3n) is 3.08.